The first-order chi connectivity index (χ1) is 22.4. The smallest absolute Gasteiger partial charge is 0.246 e. The molecule has 3 saturated heterocycles. The maximum absolute atomic E-state index is 13.0. The van der Waals surface area contributed by atoms with Gasteiger partial charge in [-0.2, -0.15) is 4.98 Å². The molecule has 12 heteroatoms. The molecule has 11 nitrogen and oxygen atoms in total. The van der Waals surface area contributed by atoms with Crippen molar-refractivity contribution in [2.45, 2.75) is 76.6 Å². The largest absolute Gasteiger partial charge is 0.381 e. The highest BCUT2D eigenvalue weighted by Gasteiger charge is 2.53. The Hall–Kier alpha value is -3.77. The van der Waals surface area contributed by atoms with Crippen LogP contribution in [0.4, 0.5) is 23.3 Å². The number of anilines is 4. The number of carbonyl (C=O) groups excluding carboxylic acids is 1. The van der Waals surface area contributed by atoms with Crippen molar-refractivity contribution in [3.8, 4) is 0 Å². The van der Waals surface area contributed by atoms with Gasteiger partial charge in [0, 0.05) is 74.0 Å². The van der Waals surface area contributed by atoms with Crippen molar-refractivity contribution in [1.29, 1.82) is 0 Å². The van der Waals surface area contributed by atoms with E-state index in [1.54, 1.807) is 13.3 Å². The minimum Gasteiger partial charge on any atom is -0.381 e. The van der Waals surface area contributed by atoms with Gasteiger partial charge in [0.05, 0.1) is 17.9 Å². The van der Waals surface area contributed by atoms with Gasteiger partial charge in [-0.3, -0.25) is 4.79 Å². The number of ether oxygens (including phenoxy) is 1. The predicted molar refractivity (Wildman–Crippen MR) is 187 cm³/mol. The zero-order valence-electron chi connectivity index (χ0n) is 28.1. The Morgan fingerprint density at radius 2 is 1.85 bits per heavy atom. The summed E-state index contributed by atoms with van der Waals surface area (Å²) in [6, 6.07) is 8.08. The maximum atomic E-state index is 13.0. The van der Waals surface area contributed by atoms with Crippen molar-refractivity contribution in [2.24, 2.45) is 5.92 Å². The number of amides is 1. The van der Waals surface area contributed by atoms with Gasteiger partial charge in [0.1, 0.15) is 21.5 Å². The lowest BCUT2D eigenvalue weighted by atomic mass is 9.71. The molecule has 252 valence electrons. The summed E-state index contributed by atoms with van der Waals surface area (Å²) in [5.74, 6) is 2.03. The van der Waals surface area contributed by atoms with Crippen molar-refractivity contribution >= 4 is 49.8 Å². The summed E-state index contributed by atoms with van der Waals surface area (Å²) in [6.07, 6.45) is 11.3. The Morgan fingerprint density at radius 1 is 1.09 bits per heavy atom. The fraction of sp³-hybridized carbons (Fsp3) is 0.543. The second-order valence-corrected chi connectivity index (χ2v) is 16.0. The Balaban J connectivity index is 1.38. The number of piperidine rings is 2. The second-order valence-electron chi connectivity index (χ2n) is 13.8. The Bertz CT molecular complexity index is 1760. The van der Waals surface area contributed by atoms with Crippen LogP contribution >= 0.6 is 0 Å². The summed E-state index contributed by atoms with van der Waals surface area (Å²) in [5, 5.41) is 5.38. The molecule has 0 bridgehead atoms. The van der Waals surface area contributed by atoms with Crippen LogP contribution in [0.1, 0.15) is 64.5 Å². The van der Waals surface area contributed by atoms with Crippen LogP contribution in [0.5, 0.6) is 0 Å². The average Bonchev–Trinajstić information content (AvgIpc) is 3.06. The van der Waals surface area contributed by atoms with Crippen LogP contribution in [0.15, 0.2) is 49.3 Å². The molecule has 0 saturated carbocycles. The monoisotopic (exact) mass is 661 g/mol. The van der Waals surface area contributed by atoms with Gasteiger partial charge in [0.15, 0.2) is 0 Å². The normalized spacial score (nSPS) is 23.4. The summed E-state index contributed by atoms with van der Waals surface area (Å²) in [4.78, 5) is 33.6. The lowest BCUT2D eigenvalue weighted by molar-refractivity contribution is -0.129. The molecule has 6 rings (SSSR count). The molecular weight excluding hydrogens is 614 g/mol. The van der Waals surface area contributed by atoms with E-state index in [2.05, 4.69) is 65.6 Å². The van der Waals surface area contributed by atoms with E-state index < -0.39 is 9.84 Å². The summed E-state index contributed by atoms with van der Waals surface area (Å²) in [7, 11) is -1.38. The molecule has 1 amide bonds. The van der Waals surface area contributed by atoms with Crippen molar-refractivity contribution < 1.29 is 17.9 Å². The van der Waals surface area contributed by atoms with Gasteiger partial charge in [0.2, 0.25) is 11.9 Å². The standard InChI is InChI=1S/C35H47N7O4S/c1-7-33(43)41-17-9-8-10-29(41)25-11-12-30(42-23(2)28(35(42,3)4)22-47(6,44)45)27-21-37-32(20-26(25)27)38-31-13-16-36-34(39-31)40-18-14-24(46-5)15-19-40/h7,11-13,16,20-21,23-24,28-29H,1,8-10,14-15,17-19,22H2,2-6H3,(H,36,37,38,39)/t23-,28-,29-/m1/s1. The van der Waals surface area contributed by atoms with E-state index in [9.17, 15) is 13.2 Å². The van der Waals surface area contributed by atoms with E-state index in [0.29, 0.717) is 24.1 Å². The fourth-order valence-electron chi connectivity index (χ4n) is 8.04. The number of sulfone groups is 1. The van der Waals surface area contributed by atoms with Gasteiger partial charge in [-0.1, -0.05) is 12.6 Å². The predicted octanol–water partition coefficient (Wildman–Crippen LogP) is 5.27. The highest BCUT2D eigenvalue weighted by atomic mass is 32.2. The molecule has 3 aliphatic heterocycles. The molecule has 3 aromatic rings. The first-order valence-corrected chi connectivity index (χ1v) is 18.7. The molecule has 1 N–H and O–H groups in total. The number of pyridine rings is 1. The highest BCUT2D eigenvalue weighted by molar-refractivity contribution is 7.90. The quantitative estimate of drug-likeness (QED) is 0.304. The Morgan fingerprint density at radius 3 is 2.53 bits per heavy atom. The van der Waals surface area contributed by atoms with Crippen LogP contribution in [-0.4, -0.2) is 90.6 Å². The minimum absolute atomic E-state index is 0.00702. The lowest BCUT2D eigenvalue weighted by Gasteiger charge is -2.62. The number of nitrogens with one attached hydrogen (secondary N) is 1. The van der Waals surface area contributed by atoms with E-state index in [-0.39, 0.29) is 41.3 Å². The highest BCUT2D eigenvalue weighted by Crippen LogP contribution is 2.49. The third kappa shape index (κ3) is 6.54. The average molecular weight is 662 g/mol. The molecule has 1 aromatic carbocycles. The second kappa shape index (κ2) is 13.0. The third-order valence-corrected chi connectivity index (χ3v) is 11.4. The SMILES string of the molecule is C=CC(=O)N1CCCC[C@@H]1c1ccc(N2[C@H](C)[C@@H](CS(C)(=O)=O)C2(C)C)c2cnc(Nc3ccnc(N4CCC(OC)CC4)n3)cc12. The van der Waals surface area contributed by atoms with E-state index in [1.165, 1.54) is 12.3 Å². The number of rotatable bonds is 9. The molecule has 47 heavy (non-hydrogen) atoms. The number of hydrogen-bond acceptors (Lipinski definition) is 10. The molecule has 0 spiro atoms. The van der Waals surface area contributed by atoms with E-state index in [4.69, 9.17) is 14.7 Å². The fourth-order valence-corrected chi connectivity index (χ4v) is 9.37. The van der Waals surface area contributed by atoms with Gasteiger partial charge in [0.25, 0.3) is 0 Å². The van der Waals surface area contributed by atoms with Crippen LogP contribution < -0.4 is 15.1 Å². The number of carbonyl (C=O) groups is 1. The molecule has 3 atom stereocenters. The van der Waals surface area contributed by atoms with E-state index in [1.807, 2.05) is 17.2 Å². The molecule has 5 heterocycles. The van der Waals surface area contributed by atoms with Gasteiger partial charge in [-0.25, -0.2) is 18.4 Å². The maximum Gasteiger partial charge on any atom is 0.246 e. The molecule has 0 radical (unpaired) electrons. The number of likely N-dealkylation sites (tertiary alicyclic amines) is 1. The molecule has 2 aromatic heterocycles. The van der Waals surface area contributed by atoms with Crippen molar-refractivity contribution in [3.63, 3.8) is 0 Å². The summed E-state index contributed by atoms with van der Waals surface area (Å²) >= 11 is 0. The molecule has 0 unspecified atom stereocenters. The summed E-state index contributed by atoms with van der Waals surface area (Å²) < 4.78 is 30.1. The van der Waals surface area contributed by atoms with Crippen molar-refractivity contribution in [1.82, 2.24) is 19.9 Å². The number of nitrogens with zero attached hydrogens (tertiary/aromatic N) is 6. The lowest BCUT2D eigenvalue weighted by Crippen LogP contribution is -2.71. The Labute approximate surface area is 278 Å². The minimum atomic E-state index is -3.14. The number of methoxy groups -OCH3 is 1. The first kappa shape index (κ1) is 33.1. The topological polar surface area (TPSA) is 121 Å². The van der Waals surface area contributed by atoms with Crippen molar-refractivity contribution in [2.75, 3.05) is 53.9 Å². The molecule has 0 aliphatic carbocycles. The van der Waals surface area contributed by atoms with Gasteiger partial charge in [-0.05, 0) is 88.1 Å². The zero-order chi connectivity index (χ0) is 33.5. The first-order valence-electron chi connectivity index (χ1n) is 16.6. The number of hydrogen-bond donors (Lipinski definition) is 1. The van der Waals surface area contributed by atoms with Crippen LogP contribution in [0, 0.1) is 5.92 Å². The van der Waals surface area contributed by atoms with Gasteiger partial charge < -0.3 is 24.8 Å². The molecule has 3 fully saturated rings. The van der Waals surface area contributed by atoms with Gasteiger partial charge >= 0.3 is 0 Å². The van der Waals surface area contributed by atoms with E-state index in [0.717, 1.165) is 67.2 Å². The summed E-state index contributed by atoms with van der Waals surface area (Å²) in [5.41, 5.74) is 1.69. The van der Waals surface area contributed by atoms with Crippen LogP contribution in [0.25, 0.3) is 10.8 Å². The van der Waals surface area contributed by atoms with Crippen molar-refractivity contribution in [3.05, 3.63) is 54.9 Å². The number of fused-ring (bicyclic) bond motifs is 1. The number of benzene rings is 1. The summed E-state index contributed by atoms with van der Waals surface area (Å²) in [6.45, 7) is 12.4. The molecule has 3 aliphatic rings. The van der Waals surface area contributed by atoms with Gasteiger partial charge in [-0.15, -0.1) is 0 Å². The van der Waals surface area contributed by atoms with E-state index >= 15 is 0 Å². The number of aromatic nitrogens is 3. The zero-order valence-corrected chi connectivity index (χ0v) is 29.0. The third-order valence-electron chi connectivity index (χ3n) is 10.4. The van der Waals surface area contributed by atoms with Crippen LogP contribution in [-0.2, 0) is 19.4 Å². The van der Waals surface area contributed by atoms with Crippen LogP contribution in [0.3, 0.4) is 0 Å². The molecular formula is C35H47N7O4S. The van der Waals surface area contributed by atoms with Crippen LogP contribution in [0.2, 0.25) is 0 Å². The Kier molecular flexibility index (Phi) is 9.19.